The lowest BCUT2D eigenvalue weighted by atomic mass is 9.82. The summed E-state index contributed by atoms with van der Waals surface area (Å²) in [5.74, 6) is -0.722. The number of aliphatic hydroxyl groups is 1. The van der Waals surface area contributed by atoms with Crippen LogP contribution in [0.2, 0.25) is 18.6 Å². The Bertz CT molecular complexity index is 1080. The van der Waals surface area contributed by atoms with Crippen molar-refractivity contribution in [1.29, 1.82) is 0 Å². The molecule has 0 bridgehead atoms. The van der Waals surface area contributed by atoms with E-state index in [1.807, 2.05) is 68.5 Å². The van der Waals surface area contributed by atoms with Crippen LogP contribution in [0.5, 0.6) is 0 Å². The average Bonchev–Trinajstić information content (AvgIpc) is 3.22. The summed E-state index contributed by atoms with van der Waals surface area (Å²) in [5, 5.41) is 12.5. The lowest BCUT2D eigenvalue weighted by Gasteiger charge is -2.32. The van der Waals surface area contributed by atoms with Gasteiger partial charge in [0.2, 0.25) is 5.91 Å². The third-order valence-corrected chi connectivity index (χ3v) is 10.2. The molecule has 0 radical (unpaired) electrons. The molecule has 2 aromatic carbocycles. The van der Waals surface area contributed by atoms with Gasteiger partial charge in [0, 0.05) is 39.4 Å². The Hall–Kier alpha value is -1.79. The zero-order chi connectivity index (χ0) is 24.7. The minimum atomic E-state index is -2.83. The number of nitrogens with one attached hydrogen (secondary N) is 1. The van der Waals surface area contributed by atoms with Crippen LogP contribution in [0.15, 0.2) is 48.5 Å². The summed E-state index contributed by atoms with van der Waals surface area (Å²) in [7, 11) is -2.83. The highest BCUT2D eigenvalue weighted by atomic mass is 127. The number of hydrogen-bond acceptors (Lipinski definition) is 5. The molecule has 34 heavy (non-hydrogen) atoms. The molecule has 2 aromatic rings. The number of nitrogens with zero attached hydrogens (tertiary/aromatic N) is 1. The molecule has 9 heteroatoms. The van der Waals surface area contributed by atoms with Crippen molar-refractivity contribution in [3.05, 3.63) is 63.2 Å². The quantitative estimate of drug-likeness (QED) is 0.337. The predicted molar refractivity (Wildman–Crippen MR) is 141 cm³/mol. The van der Waals surface area contributed by atoms with Gasteiger partial charge < -0.3 is 24.9 Å². The Morgan fingerprint density at radius 1 is 1.24 bits per heavy atom. The number of hydrogen-bond donors (Lipinski definition) is 3. The fourth-order valence-corrected chi connectivity index (χ4v) is 8.63. The predicted octanol–water partition coefficient (Wildman–Crippen LogP) is 3.45. The van der Waals surface area contributed by atoms with Gasteiger partial charge in [0.25, 0.3) is 5.91 Å². The molecule has 2 heterocycles. The van der Waals surface area contributed by atoms with Gasteiger partial charge in [0.15, 0.2) is 13.9 Å². The molecule has 0 unspecified atom stereocenters. The highest BCUT2D eigenvalue weighted by molar-refractivity contribution is 14.1. The molecule has 0 aromatic heterocycles. The van der Waals surface area contributed by atoms with Crippen molar-refractivity contribution < 1.29 is 24.2 Å². The first kappa shape index (κ1) is 25.3. The summed E-state index contributed by atoms with van der Waals surface area (Å²) < 4.78 is 7.54. The number of anilines is 1. The molecule has 1 fully saturated rings. The van der Waals surface area contributed by atoms with E-state index in [1.54, 1.807) is 4.90 Å². The van der Waals surface area contributed by atoms with Crippen molar-refractivity contribution >= 4 is 48.4 Å². The molecule has 4 atom stereocenters. The Morgan fingerprint density at radius 3 is 2.59 bits per heavy atom. The minimum absolute atomic E-state index is 0.0348. The molecule has 2 amide bonds. The van der Waals surface area contributed by atoms with Crippen LogP contribution in [0.3, 0.4) is 0 Å². The highest BCUT2D eigenvalue weighted by Crippen LogP contribution is 2.58. The normalized spacial score (nSPS) is 25.9. The Morgan fingerprint density at radius 2 is 1.94 bits per heavy atom. The van der Waals surface area contributed by atoms with Crippen LogP contribution in [0, 0.1) is 9.49 Å². The van der Waals surface area contributed by atoms with Gasteiger partial charge in [-0.05, 0) is 59.4 Å². The van der Waals surface area contributed by atoms with Crippen molar-refractivity contribution in [2.45, 2.75) is 50.2 Å². The third-order valence-electron chi connectivity index (χ3n) is 7.02. The highest BCUT2D eigenvalue weighted by Gasteiger charge is 2.64. The molecule has 7 nitrogen and oxygen atoms in total. The van der Waals surface area contributed by atoms with Crippen molar-refractivity contribution in [2.75, 3.05) is 18.5 Å². The van der Waals surface area contributed by atoms with Crippen LogP contribution in [0.25, 0.3) is 0 Å². The molecule has 0 saturated carbocycles. The van der Waals surface area contributed by atoms with Crippen LogP contribution in [-0.4, -0.2) is 54.2 Å². The third kappa shape index (κ3) is 4.56. The first-order valence-electron chi connectivity index (χ1n) is 11.5. The molecule has 0 aliphatic carbocycles. The maximum atomic E-state index is 13.4. The average molecular weight is 595 g/mol. The molecule has 1 saturated heterocycles. The number of carbonyl (C=O) groups is 2. The molecule has 2 aliphatic heterocycles. The second-order valence-corrected chi connectivity index (χ2v) is 15.0. The van der Waals surface area contributed by atoms with Crippen molar-refractivity contribution in [3.63, 3.8) is 0 Å². The van der Waals surface area contributed by atoms with E-state index in [0.29, 0.717) is 12.2 Å². The second kappa shape index (κ2) is 9.69. The van der Waals surface area contributed by atoms with Crippen LogP contribution in [-0.2, 0) is 26.5 Å². The summed E-state index contributed by atoms with van der Waals surface area (Å²) in [6.45, 7) is 6.05. The molecular weight excluding hydrogens is 563 g/mol. The van der Waals surface area contributed by atoms with E-state index in [0.717, 1.165) is 14.7 Å². The Kier molecular flexibility index (Phi) is 7.21. The zero-order valence-corrected chi connectivity index (χ0v) is 22.8. The van der Waals surface area contributed by atoms with E-state index in [1.165, 1.54) is 0 Å². The topological polar surface area (TPSA) is 99.1 Å². The first-order chi connectivity index (χ1) is 16.1. The van der Waals surface area contributed by atoms with E-state index in [4.69, 9.17) is 4.74 Å². The molecule has 182 valence electrons. The smallest absolute Gasteiger partial charge is 0.261 e. The summed E-state index contributed by atoms with van der Waals surface area (Å²) in [4.78, 5) is 39.6. The van der Waals surface area contributed by atoms with E-state index in [-0.39, 0.29) is 42.8 Å². The second-order valence-electron chi connectivity index (χ2n) is 9.73. The van der Waals surface area contributed by atoms with Crippen LogP contribution in [0.1, 0.15) is 24.5 Å². The number of halogens is 1. The van der Waals surface area contributed by atoms with E-state index < -0.39 is 20.0 Å². The van der Waals surface area contributed by atoms with Crippen molar-refractivity contribution in [3.8, 4) is 0 Å². The van der Waals surface area contributed by atoms with Gasteiger partial charge in [-0.1, -0.05) is 37.3 Å². The lowest BCUT2D eigenvalue weighted by molar-refractivity contribution is -0.148. The Balaban J connectivity index is 1.65. The lowest BCUT2D eigenvalue weighted by Crippen LogP contribution is -2.44. The molecule has 3 N–H and O–H groups in total. The largest absolute Gasteiger partial charge is 0.432 e. The first-order valence-corrected chi connectivity index (χ1v) is 15.6. The van der Waals surface area contributed by atoms with Gasteiger partial charge >= 0.3 is 0 Å². The SMILES string of the molecule is C[C@@H]1[C@@H]([Si](C)(C)O)[C@H](CC(=O)N(CCO)Cc2ccccc2)O[C@@]12C(=O)Nc1ccc(I)cc12. The number of benzene rings is 2. The van der Waals surface area contributed by atoms with Crippen LogP contribution >= 0.6 is 22.6 Å². The maximum absolute atomic E-state index is 13.4. The molecule has 1 spiro atoms. The summed E-state index contributed by atoms with van der Waals surface area (Å²) in [6.07, 6.45) is -0.576. The van der Waals surface area contributed by atoms with Crippen molar-refractivity contribution in [2.24, 2.45) is 5.92 Å². The maximum Gasteiger partial charge on any atom is 0.261 e. The van der Waals surface area contributed by atoms with Gasteiger partial charge in [-0.15, -0.1) is 0 Å². The summed E-state index contributed by atoms with van der Waals surface area (Å²) in [5.41, 5.74) is 0.894. The van der Waals surface area contributed by atoms with Crippen LogP contribution < -0.4 is 5.32 Å². The van der Waals surface area contributed by atoms with E-state index >= 15 is 0 Å². The standard InChI is InChI=1S/C25H31IN2O5Si/c1-16-23(34(2,3)32)21(14-22(30)28(11-12-29)15-17-7-5-4-6-8-17)33-25(16)19-13-18(26)9-10-20(19)27-24(25)31/h4-10,13,16,21,23,29,32H,11-12,14-15H2,1-3H3,(H,27,31)/t16-,21+,23-,25+/m1/s1. The monoisotopic (exact) mass is 594 g/mol. The number of carbonyl (C=O) groups excluding carboxylic acids is 2. The van der Waals surface area contributed by atoms with Gasteiger partial charge in [0.05, 0.1) is 19.1 Å². The minimum Gasteiger partial charge on any atom is -0.432 e. The van der Waals surface area contributed by atoms with Gasteiger partial charge in [-0.25, -0.2) is 0 Å². The van der Waals surface area contributed by atoms with Crippen LogP contribution in [0.4, 0.5) is 5.69 Å². The Labute approximate surface area is 214 Å². The fourth-order valence-electron chi connectivity index (χ4n) is 5.59. The molecule has 2 aliphatic rings. The van der Waals surface area contributed by atoms with Crippen molar-refractivity contribution in [1.82, 2.24) is 4.90 Å². The summed E-state index contributed by atoms with van der Waals surface area (Å²) in [6, 6.07) is 15.4. The molecular formula is C25H31IN2O5Si. The van der Waals surface area contributed by atoms with Gasteiger partial charge in [0.1, 0.15) is 0 Å². The van der Waals surface area contributed by atoms with Gasteiger partial charge in [-0.2, -0.15) is 0 Å². The summed E-state index contributed by atoms with van der Waals surface area (Å²) >= 11 is 2.21. The number of amides is 2. The molecule has 4 rings (SSSR count). The number of fused-ring (bicyclic) bond motifs is 2. The van der Waals surface area contributed by atoms with Gasteiger partial charge in [-0.3, -0.25) is 9.59 Å². The number of rotatable bonds is 7. The fraction of sp³-hybridized carbons (Fsp3) is 0.440. The van der Waals surface area contributed by atoms with E-state index in [2.05, 4.69) is 27.9 Å². The zero-order valence-electron chi connectivity index (χ0n) is 19.6. The number of ether oxygens (including phenoxy) is 1. The van der Waals surface area contributed by atoms with E-state index in [9.17, 15) is 19.5 Å². The number of aliphatic hydroxyl groups excluding tert-OH is 1.